The quantitative estimate of drug-likeness (QED) is 0.819. The minimum absolute atomic E-state index is 0.0999. The van der Waals surface area contributed by atoms with E-state index < -0.39 is 10.0 Å². The first-order valence-electron chi connectivity index (χ1n) is 7.67. The summed E-state index contributed by atoms with van der Waals surface area (Å²) in [5, 5.41) is 1.90. The van der Waals surface area contributed by atoms with E-state index in [2.05, 4.69) is 4.72 Å². The fourth-order valence-electron chi connectivity index (χ4n) is 2.31. The van der Waals surface area contributed by atoms with Crippen LogP contribution < -0.4 is 4.72 Å². The first kappa shape index (κ1) is 18.6. The van der Waals surface area contributed by atoms with Gasteiger partial charge in [0.25, 0.3) is 5.91 Å². The Labute approximate surface area is 147 Å². The molecule has 0 aliphatic carbocycles. The highest BCUT2D eigenvalue weighted by molar-refractivity contribution is 7.89. The second-order valence-corrected chi connectivity index (χ2v) is 8.81. The van der Waals surface area contributed by atoms with E-state index in [1.54, 1.807) is 24.1 Å². The Morgan fingerprint density at radius 3 is 2.62 bits per heavy atom. The maximum absolute atomic E-state index is 12.4. The van der Waals surface area contributed by atoms with Crippen molar-refractivity contribution in [3.63, 3.8) is 0 Å². The molecule has 1 amide bonds. The fraction of sp³-hybridized carbons (Fsp3) is 0.353. The van der Waals surface area contributed by atoms with Gasteiger partial charge in [-0.2, -0.15) is 0 Å². The van der Waals surface area contributed by atoms with E-state index in [4.69, 9.17) is 0 Å². The fourth-order valence-corrected chi connectivity index (χ4v) is 4.10. The SMILES string of the molecule is CC(C)CN(C)C(=O)c1cccc(S(=O)(=O)NCc2cccs2)c1. The largest absolute Gasteiger partial charge is 0.341 e. The van der Waals surface area contributed by atoms with Crippen molar-refractivity contribution in [2.45, 2.75) is 25.3 Å². The maximum atomic E-state index is 12.4. The molecular weight excluding hydrogens is 344 g/mol. The summed E-state index contributed by atoms with van der Waals surface area (Å²) in [6.07, 6.45) is 0. The highest BCUT2D eigenvalue weighted by atomic mass is 32.2. The first-order chi connectivity index (χ1) is 11.3. The Morgan fingerprint density at radius 2 is 2.00 bits per heavy atom. The topological polar surface area (TPSA) is 66.5 Å². The second kappa shape index (κ2) is 7.92. The van der Waals surface area contributed by atoms with Crippen LogP contribution in [0.25, 0.3) is 0 Å². The van der Waals surface area contributed by atoms with Crippen LogP contribution in [0, 0.1) is 5.92 Å². The summed E-state index contributed by atoms with van der Waals surface area (Å²) in [4.78, 5) is 15.1. The molecule has 0 unspecified atom stereocenters. The molecule has 2 aromatic rings. The van der Waals surface area contributed by atoms with E-state index >= 15 is 0 Å². The normalized spacial score (nSPS) is 11.7. The number of rotatable bonds is 7. The van der Waals surface area contributed by atoms with Gasteiger partial charge in [0.05, 0.1) is 4.90 Å². The van der Waals surface area contributed by atoms with Crippen molar-refractivity contribution >= 4 is 27.3 Å². The van der Waals surface area contributed by atoms with Gasteiger partial charge in [0, 0.05) is 30.6 Å². The standard InChI is InChI=1S/C17H22N2O3S2/c1-13(2)12-19(3)17(20)14-6-4-8-16(10-14)24(21,22)18-11-15-7-5-9-23-15/h4-10,13,18H,11-12H2,1-3H3. The second-order valence-electron chi connectivity index (χ2n) is 6.01. The predicted octanol–water partition coefficient (Wildman–Crippen LogP) is 2.95. The van der Waals surface area contributed by atoms with Gasteiger partial charge in [-0.3, -0.25) is 4.79 Å². The Kier molecular flexibility index (Phi) is 6.15. The zero-order valence-electron chi connectivity index (χ0n) is 14.0. The lowest BCUT2D eigenvalue weighted by atomic mass is 10.1. The Balaban J connectivity index is 2.15. The molecule has 0 saturated carbocycles. The molecule has 1 aromatic carbocycles. The maximum Gasteiger partial charge on any atom is 0.253 e. The lowest BCUT2D eigenvalue weighted by Crippen LogP contribution is -2.30. The lowest BCUT2D eigenvalue weighted by Gasteiger charge is -2.19. The molecule has 1 aromatic heterocycles. The van der Waals surface area contributed by atoms with Crippen molar-refractivity contribution in [2.24, 2.45) is 5.92 Å². The van der Waals surface area contributed by atoms with E-state index in [0.717, 1.165) is 4.88 Å². The molecule has 0 bridgehead atoms. The monoisotopic (exact) mass is 366 g/mol. The number of carbonyl (C=O) groups excluding carboxylic acids is 1. The molecule has 7 heteroatoms. The average molecular weight is 367 g/mol. The molecule has 1 N–H and O–H groups in total. The minimum atomic E-state index is -3.66. The van der Waals surface area contributed by atoms with Gasteiger partial charge in [-0.15, -0.1) is 11.3 Å². The third-order valence-electron chi connectivity index (χ3n) is 3.39. The highest BCUT2D eigenvalue weighted by Crippen LogP contribution is 2.15. The van der Waals surface area contributed by atoms with Gasteiger partial charge in [0.1, 0.15) is 0 Å². The Hall–Kier alpha value is -1.70. The van der Waals surface area contributed by atoms with Crippen molar-refractivity contribution in [1.29, 1.82) is 0 Å². The molecule has 0 aliphatic heterocycles. The summed E-state index contributed by atoms with van der Waals surface area (Å²) in [7, 11) is -1.93. The van der Waals surface area contributed by atoms with Crippen LogP contribution in [0.4, 0.5) is 0 Å². The van der Waals surface area contributed by atoms with E-state index in [-0.39, 0.29) is 17.3 Å². The number of sulfonamides is 1. The number of thiophene rings is 1. The Morgan fingerprint density at radius 1 is 1.25 bits per heavy atom. The molecule has 1 heterocycles. The molecule has 0 spiro atoms. The molecule has 0 saturated heterocycles. The summed E-state index contributed by atoms with van der Waals surface area (Å²) < 4.78 is 27.4. The molecule has 24 heavy (non-hydrogen) atoms. The van der Waals surface area contributed by atoms with E-state index in [1.165, 1.54) is 23.5 Å². The molecule has 130 valence electrons. The highest BCUT2D eigenvalue weighted by Gasteiger charge is 2.18. The van der Waals surface area contributed by atoms with Gasteiger partial charge < -0.3 is 4.90 Å². The molecule has 5 nitrogen and oxygen atoms in total. The van der Waals surface area contributed by atoms with E-state index in [9.17, 15) is 13.2 Å². The molecule has 0 fully saturated rings. The van der Waals surface area contributed by atoms with E-state index in [0.29, 0.717) is 18.0 Å². The summed E-state index contributed by atoms with van der Waals surface area (Å²) in [5.74, 6) is 0.164. The van der Waals surface area contributed by atoms with Crippen molar-refractivity contribution in [2.75, 3.05) is 13.6 Å². The molecule has 2 rings (SSSR count). The Bertz CT molecular complexity index is 784. The van der Waals surface area contributed by atoms with Crippen LogP contribution in [0.3, 0.4) is 0 Å². The van der Waals surface area contributed by atoms with Crippen molar-refractivity contribution in [3.05, 3.63) is 52.2 Å². The van der Waals surface area contributed by atoms with Gasteiger partial charge in [-0.25, -0.2) is 13.1 Å². The minimum Gasteiger partial charge on any atom is -0.341 e. The van der Waals surface area contributed by atoms with Crippen LogP contribution in [0.15, 0.2) is 46.7 Å². The summed E-state index contributed by atoms with van der Waals surface area (Å²) >= 11 is 1.49. The zero-order valence-corrected chi connectivity index (χ0v) is 15.7. The van der Waals surface area contributed by atoms with Crippen LogP contribution in [0.1, 0.15) is 29.1 Å². The van der Waals surface area contributed by atoms with Crippen LogP contribution in [-0.4, -0.2) is 32.8 Å². The number of hydrogen-bond donors (Lipinski definition) is 1. The molecule has 0 aliphatic rings. The van der Waals surface area contributed by atoms with Gasteiger partial charge in [-0.05, 0) is 35.6 Å². The average Bonchev–Trinajstić information content (AvgIpc) is 3.05. The van der Waals surface area contributed by atoms with Gasteiger partial charge in [-0.1, -0.05) is 26.0 Å². The summed E-state index contributed by atoms with van der Waals surface area (Å²) in [6, 6.07) is 9.89. The molecular formula is C17H22N2O3S2. The number of nitrogens with zero attached hydrogens (tertiary/aromatic N) is 1. The molecule has 0 atom stereocenters. The van der Waals surface area contributed by atoms with Crippen LogP contribution in [-0.2, 0) is 16.6 Å². The number of benzene rings is 1. The van der Waals surface area contributed by atoms with Crippen molar-refractivity contribution in [1.82, 2.24) is 9.62 Å². The van der Waals surface area contributed by atoms with Gasteiger partial charge in [0.2, 0.25) is 10.0 Å². The van der Waals surface area contributed by atoms with E-state index in [1.807, 2.05) is 31.4 Å². The van der Waals surface area contributed by atoms with Crippen LogP contribution in [0.5, 0.6) is 0 Å². The first-order valence-corrected chi connectivity index (χ1v) is 10.0. The van der Waals surface area contributed by atoms with Crippen LogP contribution >= 0.6 is 11.3 Å². The zero-order chi connectivity index (χ0) is 17.7. The number of hydrogen-bond acceptors (Lipinski definition) is 4. The summed E-state index contributed by atoms with van der Waals surface area (Å²) in [5.41, 5.74) is 0.372. The lowest BCUT2D eigenvalue weighted by molar-refractivity contribution is 0.0779. The van der Waals surface area contributed by atoms with Crippen LogP contribution in [0.2, 0.25) is 0 Å². The van der Waals surface area contributed by atoms with Gasteiger partial charge >= 0.3 is 0 Å². The third kappa shape index (κ3) is 4.90. The number of carbonyl (C=O) groups is 1. The summed E-state index contributed by atoms with van der Waals surface area (Å²) in [6.45, 7) is 4.91. The predicted molar refractivity (Wildman–Crippen MR) is 96.6 cm³/mol. The smallest absolute Gasteiger partial charge is 0.253 e. The third-order valence-corrected chi connectivity index (χ3v) is 5.67. The molecule has 0 radical (unpaired) electrons. The number of nitrogens with one attached hydrogen (secondary N) is 1. The van der Waals surface area contributed by atoms with Gasteiger partial charge in [0.15, 0.2) is 0 Å². The van der Waals surface area contributed by atoms with Crippen molar-refractivity contribution in [3.8, 4) is 0 Å². The van der Waals surface area contributed by atoms with Crippen molar-refractivity contribution < 1.29 is 13.2 Å². The number of amides is 1.